The number of hydrogen-bond acceptors (Lipinski definition) is 5. The molecule has 0 radical (unpaired) electrons. The molecule has 1 aliphatic heterocycles. The van der Waals surface area contributed by atoms with Gasteiger partial charge in [-0.05, 0) is 50.6 Å². The van der Waals surface area contributed by atoms with E-state index < -0.39 is 18.1 Å². The lowest BCUT2D eigenvalue weighted by atomic mass is 10.0. The maximum absolute atomic E-state index is 13.7. The van der Waals surface area contributed by atoms with E-state index in [0.29, 0.717) is 45.9 Å². The molecule has 9 heteroatoms. The number of carbonyl (C=O) groups excluding carboxylic acids is 2. The molecule has 0 aliphatic carbocycles. The Morgan fingerprint density at radius 1 is 1.29 bits per heavy atom. The molecule has 0 saturated carbocycles. The molecule has 166 valence electrons. The Hall–Kier alpha value is -3.01. The molecule has 0 bridgehead atoms. The Balaban J connectivity index is 1.77. The van der Waals surface area contributed by atoms with Crippen molar-refractivity contribution in [2.75, 3.05) is 18.4 Å². The average Bonchev–Trinajstić information content (AvgIpc) is 3.15. The van der Waals surface area contributed by atoms with E-state index in [1.807, 2.05) is 0 Å². The number of anilines is 1. The number of aryl methyl sites for hydroxylation is 1. The fraction of sp³-hybridized carbons (Fsp3) is 0.364. The van der Waals surface area contributed by atoms with Gasteiger partial charge in [0.1, 0.15) is 12.0 Å². The molecule has 31 heavy (non-hydrogen) atoms. The minimum absolute atomic E-state index is 0.0217. The van der Waals surface area contributed by atoms with Gasteiger partial charge < -0.3 is 25.8 Å². The van der Waals surface area contributed by atoms with Crippen LogP contribution >= 0.6 is 0 Å². The van der Waals surface area contributed by atoms with E-state index in [4.69, 9.17) is 0 Å². The van der Waals surface area contributed by atoms with Gasteiger partial charge in [0.2, 0.25) is 5.91 Å². The second kappa shape index (κ2) is 9.42. The Kier molecular flexibility index (Phi) is 6.89. The Morgan fingerprint density at radius 2 is 2.03 bits per heavy atom. The summed E-state index contributed by atoms with van der Waals surface area (Å²) in [5, 5.41) is 28.7. The average molecular weight is 430 g/mol. The fourth-order valence-corrected chi connectivity index (χ4v) is 3.70. The van der Waals surface area contributed by atoms with Gasteiger partial charge in [-0.3, -0.25) is 14.9 Å². The van der Waals surface area contributed by atoms with Crippen LogP contribution in [0, 0.1) is 19.7 Å². The van der Waals surface area contributed by atoms with Crippen molar-refractivity contribution < 1.29 is 24.2 Å². The summed E-state index contributed by atoms with van der Waals surface area (Å²) in [4.78, 5) is 27.1. The number of aliphatic hydroxyl groups excluding tert-OH is 2. The molecule has 2 heterocycles. The first-order chi connectivity index (χ1) is 14.7. The lowest BCUT2D eigenvalue weighted by Gasteiger charge is -2.17. The van der Waals surface area contributed by atoms with E-state index in [0.717, 1.165) is 0 Å². The molecule has 1 aliphatic rings. The van der Waals surface area contributed by atoms with Crippen molar-refractivity contribution in [2.24, 2.45) is 0 Å². The van der Waals surface area contributed by atoms with Gasteiger partial charge in [-0.1, -0.05) is 0 Å². The fourth-order valence-electron chi connectivity index (χ4n) is 3.70. The summed E-state index contributed by atoms with van der Waals surface area (Å²) in [5.74, 6) is -1.03. The molecular weight excluding hydrogens is 403 g/mol. The Morgan fingerprint density at radius 3 is 2.74 bits per heavy atom. The van der Waals surface area contributed by atoms with Crippen LogP contribution in [0.2, 0.25) is 0 Å². The van der Waals surface area contributed by atoms with Crippen molar-refractivity contribution >= 4 is 29.2 Å². The van der Waals surface area contributed by atoms with Crippen molar-refractivity contribution in [3.8, 4) is 0 Å². The minimum Gasteiger partial charge on any atom is -0.391 e. The molecule has 2 atom stereocenters. The number of carbonyl (C=O) groups is 2. The van der Waals surface area contributed by atoms with Gasteiger partial charge in [-0.2, -0.15) is 0 Å². The van der Waals surface area contributed by atoms with Gasteiger partial charge >= 0.3 is 0 Å². The summed E-state index contributed by atoms with van der Waals surface area (Å²) in [5.41, 5.74) is 3.92. The lowest BCUT2D eigenvalue weighted by Crippen LogP contribution is -2.35. The van der Waals surface area contributed by atoms with E-state index in [1.165, 1.54) is 18.2 Å². The smallest absolute Gasteiger partial charge is 0.256 e. The zero-order valence-corrected chi connectivity index (χ0v) is 17.7. The molecule has 2 aromatic rings. The third kappa shape index (κ3) is 5.01. The van der Waals surface area contributed by atoms with Crippen LogP contribution < -0.4 is 16.0 Å². The molecule has 2 amide bonds. The van der Waals surface area contributed by atoms with Crippen LogP contribution in [0.4, 0.5) is 10.1 Å². The van der Waals surface area contributed by atoms with Crippen LogP contribution in [0.1, 0.15) is 47.7 Å². The van der Waals surface area contributed by atoms with Gasteiger partial charge in [-0.15, -0.1) is 0 Å². The highest BCUT2D eigenvalue weighted by Crippen LogP contribution is 2.35. The molecule has 6 N–H and O–H groups in total. The van der Waals surface area contributed by atoms with Crippen LogP contribution in [0.3, 0.4) is 0 Å². The summed E-state index contributed by atoms with van der Waals surface area (Å²) < 4.78 is 13.7. The quantitative estimate of drug-likeness (QED) is 0.281. The first-order valence-electron chi connectivity index (χ1n) is 10.1. The number of nitrogens with one attached hydrogen (secondary N) is 4. The number of amides is 2. The number of aliphatic hydroxyl groups is 2. The third-order valence-electron chi connectivity index (χ3n) is 5.20. The Bertz CT molecular complexity index is 1030. The molecule has 1 aromatic heterocycles. The number of rotatable bonds is 8. The molecular formula is C22H27FN4O4. The van der Waals surface area contributed by atoms with Crippen LogP contribution in [0.25, 0.3) is 11.6 Å². The van der Waals surface area contributed by atoms with E-state index in [-0.39, 0.29) is 24.8 Å². The van der Waals surface area contributed by atoms with E-state index in [2.05, 4.69) is 20.9 Å². The van der Waals surface area contributed by atoms with Crippen molar-refractivity contribution in [1.82, 2.24) is 15.6 Å². The first-order valence-corrected chi connectivity index (χ1v) is 10.1. The summed E-state index contributed by atoms with van der Waals surface area (Å²) >= 11 is 0. The van der Waals surface area contributed by atoms with Gasteiger partial charge in [0.25, 0.3) is 5.91 Å². The normalized spacial score (nSPS) is 16.2. The first kappa shape index (κ1) is 22.7. The van der Waals surface area contributed by atoms with Crippen LogP contribution in [0.15, 0.2) is 18.2 Å². The standard InChI is InChI=1S/C22H27FN4O4/c1-4-24-19(29)8-14(28)10-25-22(31)20-11(2)18(26-12(20)3)9-16-15-7-13(23)5-6-17(15)27-21(16)30/h5-7,9,14,22,25-26,28,31H,4,8,10H2,1-3H3,(H,24,29)(H,27,30)/b16-9-. The van der Waals surface area contributed by atoms with E-state index in [1.54, 1.807) is 26.8 Å². The van der Waals surface area contributed by atoms with Gasteiger partial charge in [0.15, 0.2) is 0 Å². The molecule has 0 saturated heterocycles. The second-order valence-corrected chi connectivity index (χ2v) is 7.53. The molecule has 3 rings (SSSR count). The zero-order chi connectivity index (χ0) is 22.7. The van der Waals surface area contributed by atoms with E-state index >= 15 is 0 Å². The van der Waals surface area contributed by atoms with E-state index in [9.17, 15) is 24.2 Å². The number of fused-ring (bicyclic) bond motifs is 1. The van der Waals surface area contributed by atoms with Gasteiger partial charge in [-0.25, -0.2) is 4.39 Å². The van der Waals surface area contributed by atoms with Crippen molar-refractivity contribution in [2.45, 2.75) is 39.5 Å². The predicted molar refractivity (Wildman–Crippen MR) is 115 cm³/mol. The minimum atomic E-state index is -1.09. The highest BCUT2D eigenvalue weighted by Gasteiger charge is 2.26. The molecule has 8 nitrogen and oxygen atoms in total. The molecule has 0 fully saturated rings. The molecule has 2 unspecified atom stereocenters. The lowest BCUT2D eigenvalue weighted by molar-refractivity contribution is -0.123. The summed E-state index contributed by atoms with van der Waals surface area (Å²) in [6, 6.07) is 4.10. The molecule has 0 spiro atoms. The van der Waals surface area contributed by atoms with Gasteiger partial charge in [0, 0.05) is 41.3 Å². The van der Waals surface area contributed by atoms with Crippen LogP contribution in [0.5, 0.6) is 0 Å². The summed E-state index contributed by atoms with van der Waals surface area (Å²) in [6.45, 7) is 5.87. The number of benzene rings is 1. The highest BCUT2D eigenvalue weighted by molar-refractivity contribution is 6.34. The number of aromatic nitrogens is 1. The summed E-state index contributed by atoms with van der Waals surface area (Å²) in [7, 11) is 0. The number of aromatic amines is 1. The largest absolute Gasteiger partial charge is 0.391 e. The SMILES string of the molecule is CCNC(=O)CC(O)CNC(O)c1c(C)[nH]c(/C=C2\C(=O)Nc3ccc(F)cc32)c1C. The number of H-pyrrole nitrogens is 1. The van der Waals surface area contributed by atoms with Crippen molar-refractivity contribution in [3.05, 3.63) is 52.1 Å². The maximum atomic E-state index is 13.7. The molecule has 1 aromatic carbocycles. The Labute approximate surface area is 179 Å². The van der Waals surface area contributed by atoms with Crippen LogP contribution in [-0.2, 0) is 9.59 Å². The monoisotopic (exact) mass is 430 g/mol. The van der Waals surface area contributed by atoms with Crippen molar-refractivity contribution in [1.29, 1.82) is 0 Å². The predicted octanol–water partition coefficient (Wildman–Crippen LogP) is 1.73. The zero-order valence-electron chi connectivity index (χ0n) is 17.7. The van der Waals surface area contributed by atoms with Crippen molar-refractivity contribution in [3.63, 3.8) is 0 Å². The summed E-state index contributed by atoms with van der Waals surface area (Å²) in [6.07, 6.45) is -0.477. The van der Waals surface area contributed by atoms with Gasteiger partial charge in [0.05, 0.1) is 18.1 Å². The number of halogens is 1. The maximum Gasteiger partial charge on any atom is 0.256 e. The topological polar surface area (TPSA) is 126 Å². The van der Waals surface area contributed by atoms with Crippen LogP contribution in [-0.4, -0.2) is 46.2 Å². The number of hydrogen-bond donors (Lipinski definition) is 6. The third-order valence-corrected chi connectivity index (χ3v) is 5.20. The highest BCUT2D eigenvalue weighted by atomic mass is 19.1. The second-order valence-electron chi connectivity index (χ2n) is 7.53.